The molecule has 0 aliphatic heterocycles. The number of rotatable bonds is 6. The topological polar surface area (TPSA) is 51.2 Å². The Morgan fingerprint density at radius 2 is 2.10 bits per heavy atom. The Kier molecular flexibility index (Phi) is 5.33. The quantitative estimate of drug-likeness (QED) is 0.824. The van der Waals surface area contributed by atoms with E-state index in [0.29, 0.717) is 11.6 Å². The molecule has 0 saturated heterocycles. The predicted molar refractivity (Wildman–Crippen MR) is 86.2 cm³/mol. The third kappa shape index (κ3) is 4.04. The Bertz CT molecular complexity index is 596. The van der Waals surface area contributed by atoms with Crippen LogP contribution in [0.4, 0.5) is 5.13 Å². The fourth-order valence-corrected chi connectivity index (χ4v) is 2.93. The molecule has 0 radical (unpaired) electrons. The fourth-order valence-electron chi connectivity index (χ4n) is 2.10. The van der Waals surface area contributed by atoms with Crippen molar-refractivity contribution in [1.82, 2.24) is 4.98 Å². The Morgan fingerprint density at radius 3 is 2.76 bits per heavy atom. The number of hydrogen-bond acceptors (Lipinski definition) is 5. The van der Waals surface area contributed by atoms with Gasteiger partial charge in [0, 0.05) is 11.4 Å². The van der Waals surface area contributed by atoms with E-state index in [2.05, 4.69) is 41.5 Å². The lowest BCUT2D eigenvalue weighted by molar-refractivity contribution is 0.0594. The molecule has 0 amide bonds. The molecule has 1 aromatic carbocycles. The highest BCUT2D eigenvalue weighted by molar-refractivity contribution is 7.15. The van der Waals surface area contributed by atoms with Crippen molar-refractivity contribution in [3.63, 3.8) is 0 Å². The maximum atomic E-state index is 11.5. The van der Waals surface area contributed by atoms with Crippen LogP contribution in [0.2, 0.25) is 0 Å². The van der Waals surface area contributed by atoms with Crippen LogP contribution in [0.1, 0.15) is 40.2 Å². The molecule has 0 aliphatic rings. The molecule has 0 aliphatic carbocycles. The van der Waals surface area contributed by atoms with E-state index in [1.165, 1.54) is 24.0 Å². The van der Waals surface area contributed by atoms with Crippen LogP contribution in [0.15, 0.2) is 30.3 Å². The van der Waals surface area contributed by atoms with Gasteiger partial charge in [-0.3, -0.25) is 0 Å². The summed E-state index contributed by atoms with van der Waals surface area (Å²) in [4.78, 5) is 16.7. The number of ether oxygens (including phenoxy) is 1. The summed E-state index contributed by atoms with van der Waals surface area (Å²) in [6.07, 6.45) is 1.01. The highest BCUT2D eigenvalue weighted by atomic mass is 32.1. The number of thiazole rings is 1. The van der Waals surface area contributed by atoms with Gasteiger partial charge in [0.2, 0.25) is 0 Å². The molecule has 112 valence electrons. The van der Waals surface area contributed by atoms with Gasteiger partial charge in [-0.05, 0) is 24.8 Å². The molecule has 21 heavy (non-hydrogen) atoms. The molecule has 1 N–H and O–H groups in total. The first-order valence-corrected chi connectivity index (χ1v) is 7.78. The number of hydrogen-bond donors (Lipinski definition) is 1. The number of aromatic nitrogens is 1. The minimum atomic E-state index is -0.380. The molecule has 1 heterocycles. The Hall–Kier alpha value is -1.88. The monoisotopic (exact) mass is 304 g/mol. The number of carbonyl (C=O) groups is 1. The van der Waals surface area contributed by atoms with Crippen molar-refractivity contribution in [3.8, 4) is 0 Å². The van der Waals surface area contributed by atoms with Crippen molar-refractivity contribution < 1.29 is 9.53 Å². The van der Waals surface area contributed by atoms with Crippen molar-refractivity contribution in [2.75, 3.05) is 19.0 Å². The predicted octanol–water partition coefficient (Wildman–Crippen LogP) is 3.84. The van der Waals surface area contributed by atoms with E-state index in [-0.39, 0.29) is 5.97 Å². The van der Waals surface area contributed by atoms with Gasteiger partial charge in [0.15, 0.2) is 10.8 Å². The molecule has 0 bridgehead atoms. The molecule has 1 unspecified atom stereocenters. The van der Waals surface area contributed by atoms with Crippen LogP contribution >= 0.6 is 11.3 Å². The minimum absolute atomic E-state index is 0.380. The highest BCUT2D eigenvalue weighted by Gasteiger charge is 2.15. The average Bonchev–Trinajstić information content (AvgIpc) is 2.88. The van der Waals surface area contributed by atoms with Crippen molar-refractivity contribution in [2.24, 2.45) is 0 Å². The molecular formula is C16H20N2O2S. The van der Waals surface area contributed by atoms with Gasteiger partial charge in [0.05, 0.1) is 7.11 Å². The molecule has 2 rings (SSSR count). The van der Waals surface area contributed by atoms with E-state index in [9.17, 15) is 4.79 Å². The minimum Gasteiger partial charge on any atom is -0.464 e. The van der Waals surface area contributed by atoms with E-state index < -0.39 is 0 Å². The van der Waals surface area contributed by atoms with Crippen molar-refractivity contribution in [2.45, 2.75) is 26.2 Å². The molecule has 0 saturated carbocycles. The normalized spacial score (nSPS) is 12.0. The largest absolute Gasteiger partial charge is 0.464 e. The van der Waals surface area contributed by atoms with Crippen LogP contribution in [0.25, 0.3) is 0 Å². The molecule has 2 aromatic rings. The lowest BCUT2D eigenvalue weighted by Crippen LogP contribution is -2.07. The number of benzene rings is 1. The zero-order valence-corrected chi connectivity index (χ0v) is 13.4. The number of esters is 1. The van der Waals surface area contributed by atoms with E-state index in [0.717, 1.165) is 23.0 Å². The summed E-state index contributed by atoms with van der Waals surface area (Å²) in [7, 11) is 1.37. The van der Waals surface area contributed by atoms with Gasteiger partial charge in [-0.25, -0.2) is 9.78 Å². The van der Waals surface area contributed by atoms with Gasteiger partial charge < -0.3 is 10.1 Å². The molecule has 4 nitrogen and oxygen atoms in total. The van der Waals surface area contributed by atoms with Gasteiger partial charge in [0.25, 0.3) is 0 Å². The third-order valence-electron chi connectivity index (χ3n) is 3.40. The number of nitrogens with one attached hydrogen (secondary N) is 1. The summed E-state index contributed by atoms with van der Waals surface area (Å²) in [5.74, 6) is 0.106. The van der Waals surface area contributed by atoms with E-state index in [1.54, 1.807) is 0 Å². The van der Waals surface area contributed by atoms with Gasteiger partial charge in [-0.1, -0.05) is 37.3 Å². The van der Waals surface area contributed by atoms with E-state index in [1.807, 2.05) is 13.0 Å². The summed E-state index contributed by atoms with van der Waals surface area (Å²) < 4.78 is 4.71. The first kappa shape index (κ1) is 15.5. The van der Waals surface area contributed by atoms with Crippen LogP contribution < -0.4 is 5.32 Å². The van der Waals surface area contributed by atoms with Gasteiger partial charge in [0.1, 0.15) is 0 Å². The zero-order valence-electron chi connectivity index (χ0n) is 12.6. The molecule has 1 aromatic heterocycles. The summed E-state index contributed by atoms with van der Waals surface area (Å²) in [5, 5.41) is 4.06. The molecular weight excluding hydrogens is 284 g/mol. The maximum Gasteiger partial charge on any atom is 0.357 e. The number of carbonyl (C=O) groups excluding carboxylic acids is 1. The van der Waals surface area contributed by atoms with Crippen molar-refractivity contribution in [3.05, 3.63) is 46.5 Å². The van der Waals surface area contributed by atoms with Crippen LogP contribution in [0.5, 0.6) is 0 Å². The van der Waals surface area contributed by atoms with E-state index >= 15 is 0 Å². The summed E-state index contributed by atoms with van der Waals surface area (Å²) >= 11 is 1.48. The van der Waals surface area contributed by atoms with Crippen LogP contribution in [-0.2, 0) is 4.74 Å². The number of aryl methyl sites for hydroxylation is 1. The lowest BCUT2D eigenvalue weighted by atomic mass is 9.98. The molecule has 0 spiro atoms. The number of nitrogens with zero attached hydrogens (tertiary/aromatic N) is 1. The third-order valence-corrected chi connectivity index (χ3v) is 4.33. The van der Waals surface area contributed by atoms with Crippen LogP contribution in [-0.4, -0.2) is 24.6 Å². The lowest BCUT2D eigenvalue weighted by Gasteiger charge is -2.11. The second-order valence-electron chi connectivity index (χ2n) is 4.94. The molecule has 0 fully saturated rings. The number of methoxy groups -OCH3 is 1. The fraction of sp³-hybridized carbons (Fsp3) is 0.375. The van der Waals surface area contributed by atoms with Crippen molar-refractivity contribution >= 4 is 22.4 Å². The van der Waals surface area contributed by atoms with E-state index in [4.69, 9.17) is 4.74 Å². The highest BCUT2D eigenvalue weighted by Crippen LogP contribution is 2.24. The maximum absolute atomic E-state index is 11.5. The van der Waals surface area contributed by atoms with Gasteiger partial charge in [-0.15, -0.1) is 11.3 Å². The summed E-state index contributed by atoms with van der Waals surface area (Å²) in [5.41, 5.74) is 1.74. The van der Waals surface area contributed by atoms with Crippen LogP contribution in [0, 0.1) is 6.92 Å². The second-order valence-corrected chi connectivity index (χ2v) is 6.15. The van der Waals surface area contributed by atoms with Gasteiger partial charge >= 0.3 is 5.97 Å². The zero-order chi connectivity index (χ0) is 15.2. The molecule has 1 atom stereocenters. The number of anilines is 1. The Balaban J connectivity index is 1.88. The first-order chi connectivity index (χ1) is 10.1. The average molecular weight is 304 g/mol. The Labute approximate surface area is 129 Å². The van der Waals surface area contributed by atoms with Crippen molar-refractivity contribution in [1.29, 1.82) is 0 Å². The summed E-state index contributed by atoms with van der Waals surface area (Å²) in [6.45, 7) is 4.91. The standard InChI is InChI=1S/C16H20N2O2S/c1-11(13-7-5-4-6-8-13)9-10-17-16-18-14(12(2)21-16)15(19)20-3/h4-8,11H,9-10H2,1-3H3,(H,17,18). The molecule has 5 heteroatoms. The van der Waals surface area contributed by atoms with Gasteiger partial charge in [-0.2, -0.15) is 0 Å². The second kappa shape index (κ2) is 7.22. The Morgan fingerprint density at radius 1 is 1.38 bits per heavy atom. The smallest absolute Gasteiger partial charge is 0.357 e. The SMILES string of the molecule is COC(=O)c1nc(NCCC(C)c2ccccc2)sc1C. The van der Waals surface area contributed by atoms with Crippen LogP contribution in [0.3, 0.4) is 0 Å². The first-order valence-electron chi connectivity index (χ1n) is 6.96. The summed E-state index contributed by atoms with van der Waals surface area (Å²) in [6, 6.07) is 10.4.